The van der Waals surface area contributed by atoms with Gasteiger partial charge < -0.3 is 24.0 Å². The van der Waals surface area contributed by atoms with E-state index in [-0.39, 0.29) is 17.9 Å². The highest BCUT2D eigenvalue weighted by molar-refractivity contribution is 6.77. The van der Waals surface area contributed by atoms with E-state index in [1.165, 1.54) is 6.20 Å². The smallest absolute Gasteiger partial charge is 0.414 e. The van der Waals surface area contributed by atoms with Gasteiger partial charge in [0.05, 0.1) is 19.8 Å². The number of imidazole rings is 1. The van der Waals surface area contributed by atoms with E-state index >= 15 is 0 Å². The fourth-order valence-corrected chi connectivity index (χ4v) is 9.63. The van der Waals surface area contributed by atoms with Gasteiger partial charge in [0, 0.05) is 4.98 Å². The summed E-state index contributed by atoms with van der Waals surface area (Å²) < 4.78 is 19.5. The first-order chi connectivity index (χ1) is 12.2. The molecule has 1 aromatic heterocycles. The molecule has 2 rings (SSSR count). The van der Waals surface area contributed by atoms with Gasteiger partial charge in [0.25, 0.3) is 0 Å². The van der Waals surface area contributed by atoms with E-state index < -0.39 is 13.2 Å². The summed E-state index contributed by atoms with van der Waals surface area (Å²) in [5.74, 6) is -0.203. The van der Waals surface area contributed by atoms with Crippen molar-refractivity contribution in [2.75, 3.05) is 19.8 Å². The van der Waals surface area contributed by atoms with Crippen LogP contribution in [0.5, 0.6) is 6.01 Å². The minimum atomic E-state index is -1.88. The summed E-state index contributed by atoms with van der Waals surface area (Å²) in [7, 11) is -1.88. The minimum absolute atomic E-state index is 0.159. The molecule has 148 valence electrons. The Bertz CT molecular complexity index is 596. The molecule has 0 bridgehead atoms. The molecule has 0 aromatic carbocycles. The molecule has 0 N–H and O–H groups in total. The zero-order valence-electron chi connectivity index (χ0n) is 16.6. The number of ether oxygens (including phenoxy) is 2. The van der Waals surface area contributed by atoms with Gasteiger partial charge >= 0.3 is 11.8 Å². The molecule has 26 heavy (non-hydrogen) atoms. The second-order valence-electron chi connectivity index (χ2n) is 7.76. The molecule has 0 unspecified atom stereocenters. The molecule has 0 amide bonds. The maximum Gasteiger partial charge on any atom is 0.414 e. The quantitative estimate of drug-likeness (QED) is 0.278. The summed E-state index contributed by atoms with van der Waals surface area (Å²) >= 11 is 0. The van der Waals surface area contributed by atoms with Crippen molar-refractivity contribution in [3.05, 3.63) is 16.3 Å². The van der Waals surface area contributed by atoms with Crippen LogP contribution in [0.15, 0.2) is 6.20 Å². The molecule has 0 spiro atoms. The molecular weight excluding hydrogens is 354 g/mol. The minimum Gasteiger partial charge on any atom is -0.443 e. The maximum absolute atomic E-state index is 10.8. The van der Waals surface area contributed by atoms with Gasteiger partial charge in [0.2, 0.25) is 0 Å². The van der Waals surface area contributed by atoms with Crippen molar-refractivity contribution in [1.82, 2.24) is 9.55 Å². The fraction of sp³-hybridized carbons (Fsp3) is 0.824. The molecule has 1 aliphatic rings. The first kappa shape index (κ1) is 20.9. The Morgan fingerprint density at radius 1 is 1.27 bits per heavy atom. The van der Waals surface area contributed by atoms with Crippen molar-refractivity contribution in [2.45, 2.75) is 70.8 Å². The lowest BCUT2D eigenvalue weighted by Gasteiger charge is -2.42. The number of rotatable bonds is 9. The van der Waals surface area contributed by atoms with Crippen molar-refractivity contribution < 1.29 is 18.8 Å². The van der Waals surface area contributed by atoms with Gasteiger partial charge in [-0.25, -0.2) is 0 Å². The van der Waals surface area contributed by atoms with E-state index in [1.807, 2.05) is 0 Å². The molecule has 0 aliphatic carbocycles. The molecule has 0 saturated carbocycles. The molecule has 0 fully saturated rings. The number of nitro groups is 1. The van der Waals surface area contributed by atoms with Crippen LogP contribution in [0.4, 0.5) is 5.82 Å². The monoisotopic (exact) mass is 385 g/mol. The van der Waals surface area contributed by atoms with E-state index in [0.717, 1.165) is 0 Å². The Hall–Kier alpha value is -1.45. The topological polar surface area (TPSA) is 88.7 Å². The fourth-order valence-electron chi connectivity index (χ4n) is 4.19. The largest absolute Gasteiger partial charge is 0.443 e. The third kappa shape index (κ3) is 4.26. The molecule has 9 heteroatoms. The zero-order valence-corrected chi connectivity index (χ0v) is 17.6. The van der Waals surface area contributed by atoms with E-state index in [4.69, 9.17) is 13.9 Å². The molecule has 2 heterocycles. The molecule has 1 aliphatic heterocycles. The predicted octanol–water partition coefficient (Wildman–Crippen LogP) is 3.76. The Morgan fingerprint density at radius 3 is 2.42 bits per heavy atom. The van der Waals surface area contributed by atoms with Crippen LogP contribution in [-0.4, -0.2) is 48.7 Å². The van der Waals surface area contributed by atoms with Crippen LogP contribution in [0.2, 0.25) is 16.6 Å². The van der Waals surface area contributed by atoms with Crippen LogP contribution in [0, 0.1) is 10.1 Å². The van der Waals surface area contributed by atoms with E-state index in [1.54, 1.807) is 4.57 Å². The van der Waals surface area contributed by atoms with Gasteiger partial charge in [-0.3, -0.25) is 4.57 Å². The third-order valence-electron chi connectivity index (χ3n) is 5.21. The third-order valence-corrected chi connectivity index (χ3v) is 11.3. The van der Waals surface area contributed by atoms with Crippen molar-refractivity contribution in [3.8, 4) is 6.01 Å². The highest BCUT2D eigenvalue weighted by Crippen LogP contribution is 2.42. The number of hydrogen-bond donors (Lipinski definition) is 0. The summed E-state index contributed by atoms with van der Waals surface area (Å²) in [6, 6.07) is 0.277. The summed E-state index contributed by atoms with van der Waals surface area (Å²) in [6.45, 7) is 15.4. The van der Waals surface area contributed by atoms with Crippen molar-refractivity contribution in [2.24, 2.45) is 0 Å². The normalized spacial score (nSPS) is 17.7. The van der Waals surface area contributed by atoms with E-state index in [0.29, 0.717) is 43.0 Å². The Morgan fingerprint density at radius 2 is 1.88 bits per heavy atom. The van der Waals surface area contributed by atoms with Crippen LogP contribution in [0.3, 0.4) is 0 Å². The predicted molar refractivity (Wildman–Crippen MR) is 101 cm³/mol. The molecular formula is C17H31N3O5Si. The van der Waals surface area contributed by atoms with Crippen molar-refractivity contribution in [1.29, 1.82) is 0 Å². The number of aromatic nitrogens is 2. The lowest BCUT2D eigenvalue weighted by atomic mass is 10.3. The molecule has 0 radical (unpaired) electrons. The second kappa shape index (κ2) is 8.49. The lowest BCUT2D eigenvalue weighted by Crippen LogP contribution is -2.48. The van der Waals surface area contributed by atoms with Gasteiger partial charge in [-0.15, -0.1) is 0 Å². The second-order valence-corrected chi connectivity index (χ2v) is 13.2. The van der Waals surface area contributed by atoms with Crippen molar-refractivity contribution in [3.63, 3.8) is 0 Å². The van der Waals surface area contributed by atoms with Crippen LogP contribution in [0.1, 0.15) is 41.5 Å². The number of nitrogens with zero attached hydrogens (tertiary/aromatic N) is 3. The Kier molecular flexibility index (Phi) is 6.81. The van der Waals surface area contributed by atoms with Gasteiger partial charge in [0.15, 0.2) is 8.32 Å². The average molecular weight is 386 g/mol. The average Bonchev–Trinajstić information content (AvgIpc) is 2.97. The van der Waals surface area contributed by atoms with Gasteiger partial charge in [-0.1, -0.05) is 41.5 Å². The highest BCUT2D eigenvalue weighted by Gasteiger charge is 2.44. The Balaban J connectivity index is 1.87. The number of fused-ring (bicyclic) bond motifs is 1. The standard InChI is InChI=1S/C17H31N3O5Si/c1-12(2)26(13(3)4,14(5)6)25-8-7-23-15-9-19-10-16(20(21)22)18-17(19)24-11-15/h10,12-15H,7-9,11H2,1-6H3/t15-/m0/s1. The molecule has 0 saturated heterocycles. The zero-order chi connectivity index (χ0) is 19.5. The van der Waals surface area contributed by atoms with Crippen LogP contribution in [-0.2, 0) is 15.7 Å². The lowest BCUT2D eigenvalue weighted by molar-refractivity contribution is -0.389. The molecule has 1 atom stereocenters. The van der Waals surface area contributed by atoms with Crippen molar-refractivity contribution >= 4 is 14.1 Å². The maximum atomic E-state index is 10.8. The summed E-state index contributed by atoms with van der Waals surface area (Å²) in [4.78, 5) is 14.1. The number of hydrogen-bond acceptors (Lipinski definition) is 6. The van der Waals surface area contributed by atoms with E-state index in [2.05, 4.69) is 46.5 Å². The first-order valence-corrected chi connectivity index (χ1v) is 11.4. The van der Waals surface area contributed by atoms with Crippen LogP contribution in [0.25, 0.3) is 0 Å². The summed E-state index contributed by atoms with van der Waals surface area (Å²) in [6.07, 6.45) is 1.23. The van der Waals surface area contributed by atoms with Crippen LogP contribution < -0.4 is 4.74 Å². The summed E-state index contributed by atoms with van der Waals surface area (Å²) in [5, 5.41) is 10.8. The van der Waals surface area contributed by atoms with Gasteiger partial charge in [-0.2, -0.15) is 0 Å². The van der Waals surface area contributed by atoms with Crippen LogP contribution >= 0.6 is 0 Å². The van der Waals surface area contributed by atoms with E-state index in [9.17, 15) is 10.1 Å². The highest BCUT2D eigenvalue weighted by atomic mass is 28.4. The van der Waals surface area contributed by atoms with Gasteiger partial charge in [0.1, 0.15) is 18.9 Å². The molecule has 1 aromatic rings. The summed E-state index contributed by atoms with van der Waals surface area (Å²) in [5.41, 5.74) is 1.61. The van der Waals surface area contributed by atoms with Gasteiger partial charge in [-0.05, 0) is 21.5 Å². The SMILES string of the molecule is CC(C)[Si](OCCO[C@@H]1COc2nc([N+](=O)[O-])cn2C1)(C(C)C)C(C)C. The Labute approximate surface area is 156 Å². The molecule has 8 nitrogen and oxygen atoms in total. The first-order valence-electron chi connectivity index (χ1n) is 9.28.